The van der Waals surface area contributed by atoms with Crippen LogP contribution in [0.5, 0.6) is 0 Å². The maximum atomic E-state index is 15.6. The summed E-state index contributed by atoms with van der Waals surface area (Å²) >= 11 is 0. The lowest BCUT2D eigenvalue weighted by molar-refractivity contribution is -0.149. The van der Waals surface area contributed by atoms with Gasteiger partial charge in [-0.2, -0.15) is 0 Å². The van der Waals surface area contributed by atoms with Crippen LogP contribution in [0.15, 0.2) is 4.99 Å². The molecule has 0 radical (unpaired) electrons. The summed E-state index contributed by atoms with van der Waals surface area (Å²) in [5, 5.41) is 50.9. The van der Waals surface area contributed by atoms with Crippen molar-refractivity contribution in [2.45, 2.75) is 263 Å². The van der Waals surface area contributed by atoms with E-state index in [1.807, 2.05) is 0 Å². The molecule has 0 spiro atoms. The zero-order valence-corrected chi connectivity index (χ0v) is 68.1. The Morgan fingerprint density at radius 2 is 0.964 bits per heavy atom. The van der Waals surface area contributed by atoms with E-state index in [0.717, 1.165) is 26.5 Å². The van der Waals surface area contributed by atoms with Gasteiger partial charge in [-0.25, -0.2) is 0 Å². The van der Waals surface area contributed by atoms with Gasteiger partial charge >= 0.3 is 0 Å². The number of hydrogen-bond donors (Lipinski definition) is 16. The number of hydrogen-bond acceptors (Lipinski definition) is 21. The van der Waals surface area contributed by atoms with Crippen molar-refractivity contribution in [2.24, 2.45) is 45.4 Å². The van der Waals surface area contributed by atoms with E-state index in [2.05, 4.69) is 63.5 Å². The summed E-state index contributed by atoms with van der Waals surface area (Å²) in [4.78, 5) is 240. The highest BCUT2D eigenvalue weighted by atomic mass is 33.1. The second kappa shape index (κ2) is 45.9. The molecule has 2 bridgehead atoms. The third-order valence-electron chi connectivity index (χ3n) is 21.2. The van der Waals surface area contributed by atoms with Crippen LogP contribution in [0.3, 0.4) is 0 Å². The summed E-state index contributed by atoms with van der Waals surface area (Å²) in [6.45, 7) is 13.7. The summed E-state index contributed by atoms with van der Waals surface area (Å²) < 4.78 is 0. The van der Waals surface area contributed by atoms with Crippen molar-refractivity contribution in [1.82, 2.24) is 78.1 Å². The fraction of sp³-hybridized carbons (Fsp3) is 0.767. The van der Waals surface area contributed by atoms with Crippen LogP contribution in [-0.2, 0) is 76.7 Å². The number of guanidine groups is 1. The minimum Gasteiger partial charge on any atom is -0.394 e. The number of likely N-dealkylation sites (N-methyl/N-ethyl adjacent to an activating group) is 1. The molecule has 5 aliphatic rings. The molecule has 630 valence electrons. The maximum absolute atomic E-state index is 15.6. The van der Waals surface area contributed by atoms with Crippen molar-refractivity contribution >= 4 is 122 Å². The fourth-order valence-electron chi connectivity index (χ4n) is 13.9. The Morgan fingerprint density at radius 3 is 1.53 bits per heavy atom. The van der Waals surface area contributed by atoms with Gasteiger partial charge in [0.1, 0.15) is 78.5 Å². The van der Waals surface area contributed by atoms with Gasteiger partial charge in [-0.15, -0.1) is 0 Å². The summed E-state index contributed by atoms with van der Waals surface area (Å²) in [7, 11) is 3.10. The summed E-state index contributed by atoms with van der Waals surface area (Å²) in [6, 6.07) is -19.0. The molecule has 19 N–H and O–H groups in total. The monoisotopic (exact) mass is 1620 g/mol. The molecule has 5 heterocycles. The molecule has 16 atom stereocenters. The number of nitrogens with one attached hydrogen (secondary N) is 11. The number of nitrogens with two attached hydrogens (primary N) is 3. The first kappa shape index (κ1) is 94.0. The first-order chi connectivity index (χ1) is 53.0. The van der Waals surface area contributed by atoms with E-state index >= 15 is 19.2 Å². The number of nitrogens with zero attached hydrogens (tertiary/aromatic N) is 5. The highest BCUT2D eigenvalue weighted by Crippen LogP contribution is 2.31. The van der Waals surface area contributed by atoms with Crippen LogP contribution in [0.4, 0.5) is 0 Å². The lowest BCUT2D eigenvalue weighted by atomic mass is 9.87. The minimum atomic E-state index is -1.91. The summed E-state index contributed by atoms with van der Waals surface area (Å²) in [6.07, 6.45) is 3.46. The molecular formula is C73H123N19O18S2. The predicted octanol–water partition coefficient (Wildman–Crippen LogP) is -3.38. The van der Waals surface area contributed by atoms with E-state index in [4.69, 9.17) is 17.2 Å². The van der Waals surface area contributed by atoms with Gasteiger partial charge in [0.2, 0.25) is 94.5 Å². The Bertz CT molecular complexity index is 3350. The second-order valence-electron chi connectivity index (χ2n) is 30.9. The molecular weight excluding hydrogens is 1500 g/mol. The number of fused-ring (bicyclic) bond motifs is 8. The first-order valence-electron chi connectivity index (χ1n) is 39.3. The lowest BCUT2D eigenvalue weighted by Crippen LogP contribution is -2.62. The molecule has 0 saturated carbocycles. The zero-order chi connectivity index (χ0) is 83.3. The van der Waals surface area contributed by atoms with Crippen LogP contribution in [0.25, 0.3) is 0 Å². The smallest absolute Gasteiger partial charge is 0.246 e. The number of aliphatic imine (C=N–C) groups is 1. The van der Waals surface area contributed by atoms with Gasteiger partial charge in [0.25, 0.3) is 0 Å². The van der Waals surface area contributed by atoms with Gasteiger partial charge < -0.3 is 105 Å². The Hall–Kier alpha value is -8.59. The van der Waals surface area contributed by atoms with Crippen molar-refractivity contribution in [3.05, 3.63) is 0 Å². The second-order valence-corrected chi connectivity index (χ2v) is 33.5. The van der Waals surface area contributed by atoms with Crippen molar-refractivity contribution in [3.8, 4) is 0 Å². The Balaban J connectivity index is 1.68. The van der Waals surface area contributed by atoms with Gasteiger partial charge in [0.15, 0.2) is 5.96 Å². The molecule has 0 unspecified atom stereocenters. The average Bonchev–Trinajstić information content (AvgIpc) is 1.18. The van der Waals surface area contributed by atoms with Gasteiger partial charge in [0, 0.05) is 70.7 Å². The molecule has 16 amide bonds. The van der Waals surface area contributed by atoms with Crippen LogP contribution >= 0.6 is 21.6 Å². The molecule has 5 saturated heterocycles. The summed E-state index contributed by atoms with van der Waals surface area (Å²) in [5.41, 5.74) is 16.2. The lowest BCUT2D eigenvalue weighted by Gasteiger charge is -2.36. The number of amides is 16. The number of aliphatic hydroxyl groups is 2. The first-order valence-corrected chi connectivity index (χ1v) is 41.7. The predicted molar refractivity (Wildman–Crippen MR) is 417 cm³/mol. The van der Waals surface area contributed by atoms with Gasteiger partial charge in [-0.1, -0.05) is 116 Å². The Kier molecular flexibility index (Phi) is 38.6. The molecule has 5 rings (SSSR count). The highest BCUT2D eigenvalue weighted by molar-refractivity contribution is 8.76. The Labute approximate surface area is 663 Å². The molecule has 0 aromatic heterocycles. The topological polar surface area (TPSA) is 549 Å². The standard InChI is InChI=1S/C73H123N19O18S2/c1-11-40(4)56-67(106)85-48-38-111-112-39-52(66(105)88-58(42(6)13-3)71(110)91-32-20-23-49(91)64(103)81-44(59(74)98)34-55(97)77-28-17-15-14-16-26-53(95)78-30-27-54(96)86-56)89(10)70(109)57(41(5)12-2)87-65(104)50-24-19-31-90(50)69(108)51-25-21-33-92(51)68(107)45(35-73(7,8)9)82-62(101)47(37-94)83-60(99)43(22-18-29-79-72(75)76)80-61(100)46(36-93)84-63(48)102/h40-52,56-58,93-94H,11-39H2,1-10H3,(H2,74,98)(H,77,97)(H,78,95)(H,80,100)(H,81,103)(H,82,101)(H,83,99)(H,84,102)(H,85,106)(H,86,96)(H,87,104)(H,88,105)(H4,75,76,79)/t40-,41-,42-,43-,44-,45-,46-,47-,48-,49-,50-,51-,52-,56-,57-,58-/m0/s1. The maximum Gasteiger partial charge on any atom is 0.246 e. The van der Waals surface area contributed by atoms with Crippen molar-refractivity contribution in [2.75, 3.05) is 71.0 Å². The van der Waals surface area contributed by atoms with Crippen molar-refractivity contribution in [1.29, 1.82) is 0 Å². The molecule has 0 aliphatic carbocycles. The number of carbonyl (C=O) groups excluding carboxylic acids is 16. The van der Waals surface area contributed by atoms with E-state index in [-0.39, 0.29) is 121 Å². The van der Waals surface area contributed by atoms with Crippen molar-refractivity contribution in [3.63, 3.8) is 0 Å². The third-order valence-corrected chi connectivity index (χ3v) is 23.6. The quantitative estimate of drug-likeness (QED) is 0.0349. The molecule has 39 heteroatoms. The average molecular weight is 1620 g/mol. The fourth-order valence-corrected chi connectivity index (χ4v) is 16.3. The van der Waals surface area contributed by atoms with Gasteiger partial charge in [-0.05, 0) is 93.8 Å². The van der Waals surface area contributed by atoms with Crippen LogP contribution in [0.2, 0.25) is 0 Å². The highest BCUT2D eigenvalue weighted by Gasteiger charge is 2.48. The summed E-state index contributed by atoms with van der Waals surface area (Å²) in [5.74, 6) is -16.1. The number of primary amides is 1. The van der Waals surface area contributed by atoms with Crippen LogP contribution < -0.4 is 75.7 Å². The largest absolute Gasteiger partial charge is 0.394 e. The SMILES string of the molecule is CC[C@H](C)[C@@H]1NC(=O)CCNC(=O)CCCCCCNC(=O)C[C@@H](C(N)=O)NC(=O)[C@@H]2CCCN2C(=O)[C@H]([C@@H](C)CC)NC(=O)[C@@H]2CSSC[C@H](NC1=O)C(=O)N[C@@H](CO)C(=O)N[C@@H](CCCN=C(N)N)C(=O)N[C@@H](CO)C(=O)N[C@@H](CC(C)(C)C)C(=O)N1CCC[C@H]1C(=O)N1CCC[C@H]1C(=O)N[C@@H]([C@@H](C)CC)C(=O)N2C. The minimum absolute atomic E-state index is 0.000277. The van der Waals surface area contributed by atoms with Crippen LogP contribution in [0.1, 0.15) is 184 Å². The molecule has 37 nitrogen and oxygen atoms in total. The van der Waals surface area contributed by atoms with E-state index in [1.54, 1.807) is 62.3 Å². The molecule has 0 aromatic rings. The molecule has 5 aliphatic heterocycles. The number of rotatable bonds is 14. The van der Waals surface area contributed by atoms with Crippen LogP contribution in [0, 0.1) is 23.2 Å². The van der Waals surface area contributed by atoms with E-state index in [9.17, 15) is 67.7 Å². The zero-order valence-electron chi connectivity index (χ0n) is 66.5. The normalized spacial score (nSPS) is 28.8. The molecule has 0 aromatic carbocycles. The Morgan fingerprint density at radius 1 is 0.482 bits per heavy atom. The van der Waals surface area contributed by atoms with Crippen molar-refractivity contribution < 1.29 is 86.9 Å². The third kappa shape index (κ3) is 28.2. The number of carbonyl (C=O) groups is 16. The van der Waals surface area contributed by atoms with E-state index < -0.39 is 216 Å². The van der Waals surface area contributed by atoms with E-state index in [1.165, 1.54) is 21.7 Å². The molecule has 5 fully saturated rings. The van der Waals surface area contributed by atoms with Gasteiger partial charge in [-0.3, -0.25) is 81.7 Å². The van der Waals surface area contributed by atoms with E-state index in [0.29, 0.717) is 51.4 Å². The molecule has 112 heavy (non-hydrogen) atoms. The van der Waals surface area contributed by atoms with Gasteiger partial charge in [0.05, 0.1) is 19.6 Å². The van der Waals surface area contributed by atoms with Crippen LogP contribution in [-0.4, -0.2) is 280 Å². The number of aliphatic hydroxyl groups excluding tert-OH is 2.